The zero-order chi connectivity index (χ0) is 33.1. The van der Waals surface area contributed by atoms with Crippen molar-refractivity contribution in [3.63, 3.8) is 0 Å². The van der Waals surface area contributed by atoms with Crippen LogP contribution < -0.4 is 11.4 Å². The van der Waals surface area contributed by atoms with Crippen LogP contribution in [0.2, 0.25) is 0 Å². The van der Waals surface area contributed by atoms with Crippen LogP contribution in [0.25, 0.3) is 21.6 Å². The van der Waals surface area contributed by atoms with Gasteiger partial charge in [-0.25, -0.2) is 27.8 Å². The maximum Gasteiger partial charge on any atom is 0.480 e. The second-order valence-corrected chi connectivity index (χ2v) is 13.4. The lowest BCUT2D eigenvalue weighted by Crippen LogP contribution is -2.48. The van der Waals surface area contributed by atoms with E-state index in [1.54, 1.807) is 41.5 Å². The zero-order valence-corrected chi connectivity index (χ0v) is 25.6. The first-order valence-electron chi connectivity index (χ1n) is 12.9. The van der Waals surface area contributed by atoms with Crippen molar-refractivity contribution in [1.29, 1.82) is 0 Å². The summed E-state index contributed by atoms with van der Waals surface area (Å²) < 4.78 is 61.4. The summed E-state index contributed by atoms with van der Waals surface area (Å²) in [5.74, 6) is -1.72. The van der Waals surface area contributed by atoms with E-state index in [1.807, 2.05) is 0 Å². The molecule has 0 aromatic carbocycles. The number of aliphatic hydroxyl groups is 1. The highest BCUT2D eigenvalue weighted by atomic mass is 31.2. The van der Waals surface area contributed by atoms with Crippen molar-refractivity contribution in [1.82, 2.24) is 19.5 Å². The van der Waals surface area contributed by atoms with E-state index in [2.05, 4.69) is 25.0 Å². The number of nitrogens with two attached hydrogens (primary N) is 1. The molecule has 1 saturated heterocycles. The van der Waals surface area contributed by atoms with Gasteiger partial charge in [0.05, 0.1) is 30.3 Å². The number of aromatic amines is 1. The van der Waals surface area contributed by atoms with Gasteiger partial charge in [-0.3, -0.25) is 23.7 Å². The van der Waals surface area contributed by atoms with E-state index >= 15 is 4.39 Å². The number of nitrogens with one attached hydrogen (secondary N) is 1. The van der Waals surface area contributed by atoms with E-state index in [9.17, 15) is 24.1 Å². The normalized spacial score (nSPS) is 22.5. The number of H-pyrrole nitrogens is 1. The quantitative estimate of drug-likeness (QED) is 0.0744. The van der Waals surface area contributed by atoms with Crippen LogP contribution in [0.15, 0.2) is 16.2 Å². The van der Waals surface area contributed by atoms with Crippen molar-refractivity contribution < 1.29 is 51.4 Å². The number of phosphoric acid groups is 1. The molecule has 0 aliphatic carbocycles. The summed E-state index contributed by atoms with van der Waals surface area (Å²) in [6.07, 6.45) is -4.99. The summed E-state index contributed by atoms with van der Waals surface area (Å²) >= 11 is 0. The average molecular weight is 649 g/mol. The molecule has 2 aromatic rings. The monoisotopic (exact) mass is 648 g/mol. The number of alkyl halides is 1. The van der Waals surface area contributed by atoms with Crippen LogP contribution in [0.3, 0.4) is 0 Å². The molecule has 4 atom stereocenters. The number of nitrogen functional groups attached to an aromatic ring is 1. The van der Waals surface area contributed by atoms with Gasteiger partial charge in [0.25, 0.3) is 0 Å². The lowest BCUT2D eigenvalue weighted by atomic mass is 9.97. The molecule has 19 nitrogen and oxygen atoms in total. The minimum Gasteiger partial charge on any atom is -0.437 e. The fourth-order valence-corrected chi connectivity index (χ4v) is 4.62. The number of fused-ring (bicyclic) bond motifs is 1. The van der Waals surface area contributed by atoms with Gasteiger partial charge in [-0.2, -0.15) is 4.98 Å². The number of aliphatic hydroxyl groups excluding tert-OH is 1. The van der Waals surface area contributed by atoms with Gasteiger partial charge in [-0.15, -0.1) is 0 Å². The molecule has 1 aliphatic heterocycles. The van der Waals surface area contributed by atoms with Crippen LogP contribution >= 0.6 is 7.82 Å². The highest BCUT2D eigenvalue weighted by molar-refractivity contribution is 7.48. The Labute approximate surface area is 249 Å². The Morgan fingerprint density at radius 1 is 1.20 bits per heavy atom. The van der Waals surface area contributed by atoms with Crippen LogP contribution in [0.1, 0.15) is 47.8 Å². The molecule has 1 fully saturated rings. The second-order valence-electron chi connectivity index (χ2n) is 11.7. The Bertz CT molecular complexity index is 1490. The highest BCUT2D eigenvalue weighted by Gasteiger charge is 2.57. The molecule has 3 heterocycles. The Balaban J connectivity index is 1.88. The minimum absolute atomic E-state index is 0.000375. The van der Waals surface area contributed by atoms with Gasteiger partial charge in [0.1, 0.15) is 22.9 Å². The maximum absolute atomic E-state index is 15.6. The molecule has 3 rings (SSSR count). The van der Waals surface area contributed by atoms with Crippen molar-refractivity contribution in [2.45, 2.75) is 65.6 Å². The van der Waals surface area contributed by atoms with Crippen molar-refractivity contribution >= 4 is 36.7 Å². The number of hydrogen-bond acceptors (Lipinski definition) is 15. The van der Waals surface area contributed by atoms with Gasteiger partial charge in [-0.05, 0) is 47.1 Å². The molecule has 21 heteroatoms. The number of azide groups is 1. The van der Waals surface area contributed by atoms with E-state index in [-0.39, 0.29) is 17.0 Å². The van der Waals surface area contributed by atoms with Gasteiger partial charge in [-0.1, -0.05) is 5.11 Å². The van der Waals surface area contributed by atoms with Crippen molar-refractivity contribution in [3.8, 4) is 0 Å². The molecule has 244 valence electrons. The van der Waals surface area contributed by atoms with Crippen molar-refractivity contribution in [2.24, 2.45) is 15.9 Å². The summed E-state index contributed by atoms with van der Waals surface area (Å²) in [5.41, 5.74) is 9.58. The van der Waals surface area contributed by atoms with Crippen LogP contribution in [-0.4, -0.2) is 81.2 Å². The number of halogens is 1. The number of aromatic nitrogens is 4. The van der Waals surface area contributed by atoms with Gasteiger partial charge in [0, 0.05) is 4.91 Å². The molecule has 44 heavy (non-hydrogen) atoms. The highest BCUT2D eigenvalue weighted by Crippen LogP contribution is 2.52. The van der Waals surface area contributed by atoms with E-state index in [0.717, 1.165) is 10.9 Å². The van der Waals surface area contributed by atoms with Crippen molar-refractivity contribution in [2.75, 3.05) is 32.5 Å². The molecule has 0 bridgehead atoms. The maximum atomic E-state index is 15.6. The molecular formula is C23H34FN8O11P. The van der Waals surface area contributed by atoms with Crippen LogP contribution in [0.5, 0.6) is 0 Å². The van der Waals surface area contributed by atoms with Gasteiger partial charge < -0.3 is 25.1 Å². The Morgan fingerprint density at radius 2 is 1.77 bits per heavy atom. The summed E-state index contributed by atoms with van der Waals surface area (Å²) in [6.45, 7) is 5.71. The van der Waals surface area contributed by atoms with Crippen LogP contribution in [0.4, 0.5) is 10.2 Å². The minimum atomic E-state index is -4.84. The fraction of sp³-hybridized carbons (Fsp3) is 0.696. The number of anilines is 1. The van der Waals surface area contributed by atoms with E-state index in [0.29, 0.717) is 0 Å². The number of carbonyl (C=O) groups excluding carboxylic acids is 2. The topological polar surface area (TPSA) is 265 Å². The van der Waals surface area contributed by atoms with Crippen LogP contribution in [-0.2, 0) is 41.9 Å². The largest absolute Gasteiger partial charge is 0.480 e. The predicted octanol–water partition coefficient (Wildman–Crippen LogP) is 2.23. The predicted molar refractivity (Wildman–Crippen MR) is 147 cm³/mol. The number of nitrogens with zero attached hydrogens (tertiary/aromatic N) is 6. The molecule has 0 radical (unpaired) electrons. The second kappa shape index (κ2) is 13.2. The smallest absolute Gasteiger partial charge is 0.437 e. The number of hydrogen-bond donors (Lipinski definition) is 3. The summed E-state index contributed by atoms with van der Waals surface area (Å²) in [5, 5.41) is 14.3. The number of esters is 2. The van der Waals surface area contributed by atoms with Crippen LogP contribution in [0, 0.1) is 10.8 Å². The fourth-order valence-electron chi connectivity index (χ4n) is 3.66. The lowest BCUT2D eigenvalue weighted by molar-refractivity contribution is -0.165. The van der Waals surface area contributed by atoms with E-state index in [1.165, 1.54) is 0 Å². The first-order valence-corrected chi connectivity index (χ1v) is 14.4. The number of carbonyl (C=O) groups is 2. The SMILES string of the molecule is CC(C)(C)C(=O)OCOP(=O)(OCOC(=O)C(C)(C)C)OC[C@@]1(CN=[N+]=[N-])O[C@@H](n2cnc3c(N)nc(=O)[nH]c32)[C@H](F)[C@@H]1O. The van der Waals surface area contributed by atoms with E-state index in [4.69, 9.17) is 39.0 Å². The van der Waals surface area contributed by atoms with E-state index < -0.39 is 87.1 Å². The van der Waals surface area contributed by atoms with Crippen molar-refractivity contribution in [3.05, 3.63) is 27.3 Å². The third-order valence-corrected chi connectivity index (χ3v) is 7.41. The molecule has 0 unspecified atom stereocenters. The third-order valence-electron chi connectivity index (χ3n) is 6.12. The molecule has 0 spiro atoms. The summed E-state index contributed by atoms with van der Waals surface area (Å²) in [7, 11) is -4.84. The molecular weight excluding hydrogens is 614 g/mol. The zero-order valence-electron chi connectivity index (χ0n) is 24.8. The lowest BCUT2D eigenvalue weighted by Gasteiger charge is -2.31. The molecule has 4 N–H and O–H groups in total. The number of ether oxygens (including phenoxy) is 3. The van der Waals surface area contributed by atoms with Gasteiger partial charge >= 0.3 is 25.5 Å². The van der Waals surface area contributed by atoms with Gasteiger partial charge in [0.15, 0.2) is 18.2 Å². The molecule has 0 amide bonds. The molecule has 2 aromatic heterocycles. The first kappa shape index (κ1) is 34.8. The first-order chi connectivity index (χ1) is 20.3. The number of imidazole rings is 1. The Kier molecular flexibility index (Phi) is 10.4. The molecule has 1 aliphatic rings. The third kappa shape index (κ3) is 7.89. The summed E-state index contributed by atoms with van der Waals surface area (Å²) in [4.78, 5) is 48.6. The van der Waals surface area contributed by atoms with Gasteiger partial charge in [0.2, 0.25) is 13.6 Å². The Morgan fingerprint density at radius 3 is 2.30 bits per heavy atom. The number of rotatable bonds is 12. The Hall–Kier alpha value is -3.64. The summed E-state index contributed by atoms with van der Waals surface area (Å²) in [6, 6.07) is 0. The number of phosphoric ester groups is 1. The standard InChI is InChI=1S/C23H34FN8O11P/c1-21(2,3)18(34)38-10-41-44(37,42-11-39-19(35)22(4,5)6)40-8-23(7-28-31-26)14(33)12(24)17(43-23)32-9-27-13-15(25)29-20(36)30-16(13)32/h9,12,14,17,33H,7-8,10-11H2,1-6H3,(H3,25,29,30,36)/t12-,14+,17-,23-/m1/s1. The average Bonchev–Trinajstić information content (AvgIpc) is 3.44. The molecule has 0 saturated carbocycles.